The SMILES string of the molecule is Cc1ncc(C(=O)N2CC[C@@H](O)C2)c(C)n1. The van der Waals surface area contributed by atoms with E-state index >= 15 is 0 Å². The molecule has 1 amide bonds. The molecule has 1 aromatic heterocycles. The molecule has 86 valence electrons. The molecule has 0 bridgehead atoms. The summed E-state index contributed by atoms with van der Waals surface area (Å²) in [7, 11) is 0. The summed E-state index contributed by atoms with van der Waals surface area (Å²) in [6.45, 7) is 4.61. The third kappa shape index (κ3) is 2.04. The molecule has 5 heteroatoms. The molecule has 1 aliphatic rings. The maximum atomic E-state index is 12.1. The first-order chi connectivity index (χ1) is 7.58. The number of hydrogen-bond acceptors (Lipinski definition) is 4. The maximum Gasteiger partial charge on any atom is 0.257 e. The van der Waals surface area contributed by atoms with Crippen LogP contribution in [0.25, 0.3) is 0 Å². The first kappa shape index (κ1) is 11.0. The Hall–Kier alpha value is -1.49. The van der Waals surface area contributed by atoms with Gasteiger partial charge in [-0.3, -0.25) is 4.79 Å². The van der Waals surface area contributed by atoms with Gasteiger partial charge in [0.2, 0.25) is 0 Å². The predicted octanol–water partition coefficient (Wildman–Crippen LogP) is 0.300. The van der Waals surface area contributed by atoms with Crippen LogP contribution in [0.4, 0.5) is 0 Å². The average molecular weight is 221 g/mol. The van der Waals surface area contributed by atoms with Gasteiger partial charge in [-0.25, -0.2) is 9.97 Å². The summed E-state index contributed by atoms with van der Waals surface area (Å²) in [6.07, 6.45) is 1.82. The van der Waals surface area contributed by atoms with Crippen molar-refractivity contribution in [1.29, 1.82) is 0 Å². The number of aryl methyl sites for hydroxylation is 2. The second-order valence-corrected chi connectivity index (χ2v) is 4.11. The summed E-state index contributed by atoms with van der Waals surface area (Å²) in [5, 5.41) is 9.38. The molecule has 16 heavy (non-hydrogen) atoms. The van der Waals surface area contributed by atoms with Crippen LogP contribution in [-0.2, 0) is 0 Å². The smallest absolute Gasteiger partial charge is 0.257 e. The Morgan fingerprint density at radius 1 is 1.56 bits per heavy atom. The average Bonchev–Trinajstić information content (AvgIpc) is 2.64. The predicted molar refractivity (Wildman–Crippen MR) is 58.0 cm³/mol. The Morgan fingerprint density at radius 2 is 2.31 bits per heavy atom. The number of rotatable bonds is 1. The number of carbonyl (C=O) groups is 1. The Balaban J connectivity index is 2.21. The molecular formula is C11H15N3O2. The monoisotopic (exact) mass is 221 g/mol. The summed E-state index contributed by atoms with van der Waals surface area (Å²) < 4.78 is 0. The molecule has 2 heterocycles. The molecule has 1 saturated heterocycles. The number of carbonyl (C=O) groups excluding carboxylic acids is 1. The lowest BCUT2D eigenvalue weighted by Gasteiger charge is -2.16. The van der Waals surface area contributed by atoms with Gasteiger partial charge < -0.3 is 10.0 Å². The number of aliphatic hydroxyl groups is 1. The highest BCUT2D eigenvalue weighted by molar-refractivity contribution is 5.95. The number of aromatic nitrogens is 2. The van der Waals surface area contributed by atoms with E-state index in [9.17, 15) is 9.90 Å². The van der Waals surface area contributed by atoms with Crippen molar-refractivity contribution in [3.8, 4) is 0 Å². The fraction of sp³-hybridized carbons (Fsp3) is 0.545. The van der Waals surface area contributed by atoms with Gasteiger partial charge in [-0.2, -0.15) is 0 Å². The number of hydrogen-bond donors (Lipinski definition) is 1. The highest BCUT2D eigenvalue weighted by atomic mass is 16.3. The molecule has 0 unspecified atom stereocenters. The van der Waals surface area contributed by atoms with Crippen molar-refractivity contribution >= 4 is 5.91 Å². The Bertz CT molecular complexity index is 420. The highest BCUT2D eigenvalue weighted by Crippen LogP contribution is 2.14. The minimum Gasteiger partial charge on any atom is -0.391 e. The van der Waals surface area contributed by atoms with Gasteiger partial charge >= 0.3 is 0 Å². The normalized spacial score (nSPS) is 20.2. The molecule has 1 atom stereocenters. The van der Waals surface area contributed by atoms with Crippen LogP contribution in [0, 0.1) is 13.8 Å². The number of amides is 1. The fourth-order valence-corrected chi connectivity index (χ4v) is 1.89. The minimum atomic E-state index is -0.393. The molecule has 0 saturated carbocycles. The summed E-state index contributed by atoms with van der Waals surface area (Å²) >= 11 is 0. The first-order valence-corrected chi connectivity index (χ1v) is 5.35. The van der Waals surface area contributed by atoms with E-state index < -0.39 is 6.10 Å². The Labute approximate surface area is 94.1 Å². The lowest BCUT2D eigenvalue weighted by molar-refractivity contribution is 0.0763. The number of nitrogens with zero attached hydrogens (tertiary/aromatic N) is 3. The summed E-state index contributed by atoms with van der Waals surface area (Å²) in [5.74, 6) is 0.574. The standard InChI is InChI=1S/C11H15N3O2/c1-7-10(5-12-8(2)13-7)11(16)14-4-3-9(15)6-14/h5,9,15H,3-4,6H2,1-2H3/t9-/m1/s1. The van der Waals surface area contributed by atoms with E-state index in [0.717, 1.165) is 0 Å². The van der Waals surface area contributed by atoms with Crippen molar-refractivity contribution in [2.24, 2.45) is 0 Å². The van der Waals surface area contributed by atoms with Gasteiger partial charge in [0.25, 0.3) is 5.91 Å². The van der Waals surface area contributed by atoms with Crippen molar-refractivity contribution in [2.75, 3.05) is 13.1 Å². The van der Waals surface area contributed by atoms with E-state index in [2.05, 4.69) is 9.97 Å². The van der Waals surface area contributed by atoms with Gasteiger partial charge in [0.05, 0.1) is 17.4 Å². The van der Waals surface area contributed by atoms with E-state index in [0.29, 0.717) is 36.6 Å². The molecule has 0 spiro atoms. The number of aliphatic hydroxyl groups excluding tert-OH is 1. The van der Waals surface area contributed by atoms with Crippen LogP contribution in [0.5, 0.6) is 0 Å². The second kappa shape index (κ2) is 4.17. The zero-order valence-electron chi connectivity index (χ0n) is 9.47. The Morgan fingerprint density at radius 3 is 2.88 bits per heavy atom. The van der Waals surface area contributed by atoms with Gasteiger partial charge in [-0.05, 0) is 20.3 Å². The molecule has 2 rings (SSSR count). The molecular weight excluding hydrogens is 206 g/mol. The van der Waals surface area contributed by atoms with Gasteiger partial charge in [0.15, 0.2) is 0 Å². The third-order valence-corrected chi connectivity index (χ3v) is 2.78. The van der Waals surface area contributed by atoms with Crippen molar-refractivity contribution < 1.29 is 9.90 Å². The van der Waals surface area contributed by atoms with E-state index in [1.54, 1.807) is 24.9 Å². The quantitative estimate of drug-likeness (QED) is 0.740. The summed E-state index contributed by atoms with van der Waals surface area (Å²) in [5.41, 5.74) is 1.22. The zero-order chi connectivity index (χ0) is 11.7. The largest absolute Gasteiger partial charge is 0.391 e. The molecule has 1 aromatic rings. The van der Waals surface area contributed by atoms with Crippen LogP contribution in [-0.4, -0.2) is 45.1 Å². The van der Waals surface area contributed by atoms with Crippen LogP contribution in [0.2, 0.25) is 0 Å². The molecule has 0 radical (unpaired) electrons. The molecule has 1 fully saturated rings. The first-order valence-electron chi connectivity index (χ1n) is 5.35. The van der Waals surface area contributed by atoms with Crippen molar-refractivity contribution in [3.05, 3.63) is 23.3 Å². The van der Waals surface area contributed by atoms with E-state index in [-0.39, 0.29) is 5.91 Å². The second-order valence-electron chi connectivity index (χ2n) is 4.11. The third-order valence-electron chi connectivity index (χ3n) is 2.78. The van der Waals surface area contributed by atoms with Crippen LogP contribution < -0.4 is 0 Å². The van der Waals surface area contributed by atoms with Crippen molar-refractivity contribution in [1.82, 2.24) is 14.9 Å². The topological polar surface area (TPSA) is 66.3 Å². The van der Waals surface area contributed by atoms with Gasteiger partial charge in [-0.15, -0.1) is 0 Å². The van der Waals surface area contributed by atoms with Crippen LogP contribution in [0.15, 0.2) is 6.20 Å². The molecule has 1 N–H and O–H groups in total. The zero-order valence-corrected chi connectivity index (χ0v) is 9.47. The van der Waals surface area contributed by atoms with Crippen LogP contribution in [0.3, 0.4) is 0 Å². The fourth-order valence-electron chi connectivity index (χ4n) is 1.89. The molecule has 1 aliphatic heterocycles. The van der Waals surface area contributed by atoms with Gasteiger partial charge in [-0.1, -0.05) is 0 Å². The lowest BCUT2D eigenvalue weighted by Crippen LogP contribution is -2.30. The maximum absolute atomic E-state index is 12.1. The lowest BCUT2D eigenvalue weighted by atomic mass is 10.2. The summed E-state index contributed by atoms with van der Waals surface area (Å²) in [4.78, 5) is 21.9. The van der Waals surface area contributed by atoms with Crippen LogP contribution >= 0.6 is 0 Å². The van der Waals surface area contributed by atoms with Gasteiger partial charge in [0, 0.05) is 19.3 Å². The summed E-state index contributed by atoms with van der Waals surface area (Å²) in [6, 6.07) is 0. The van der Waals surface area contributed by atoms with Crippen LogP contribution in [0.1, 0.15) is 28.3 Å². The Kier molecular flexibility index (Phi) is 2.87. The van der Waals surface area contributed by atoms with Gasteiger partial charge in [0.1, 0.15) is 5.82 Å². The van der Waals surface area contributed by atoms with E-state index in [1.165, 1.54) is 0 Å². The minimum absolute atomic E-state index is 0.0888. The molecule has 0 aliphatic carbocycles. The molecule has 0 aromatic carbocycles. The highest BCUT2D eigenvalue weighted by Gasteiger charge is 2.26. The number of likely N-dealkylation sites (tertiary alicyclic amines) is 1. The number of β-amino-alcohol motifs (C(OH)–C–C–N with tert-alkyl or cyclic N) is 1. The van der Waals surface area contributed by atoms with E-state index in [1.807, 2.05) is 0 Å². The van der Waals surface area contributed by atoms with Crippen molar-refractivity contribution in [2.45, 2.75) is 26.4 Å². The van der Waals surface area contributed by atoms with Crippen molar-refractivity contribution in [3.63, 3.8) is 0 Å². The molecule has 5 nitrogen and oxygen atoms in total. The van der Waals surface area contributed by atoms with E-state index in [4.69, 9.17) is 0 Å².